The van der Waals surface area contributed by atoms with E-state index in [1.807, 2.05) is 31.2 Å². The van der Waals surface area contributed by atoms with Crippen molar-refractivity contribution in [1.29, 1.82) is 0 Å². The fraction of sp³-hybridized carbons (Fsp3) is 0.231. The van der Waals surface area contributed by atoms with Gasteiger partial charge in [-0.2, -0.15) is 9.97 Å². The first-order valence-electron chi connectivity index (χ1n) is 5.43. The number of nitrogens with zero attached hydrogens (tertiary/aromatic N) is 2. The zero-order valence-electron chi connectivity index (χ0n) is 10.5. The summed E-state index contributed by atoms with van der Waals surface area (Å²) in [5.41, 5.74) is 1.16. The van der Waals surface area contributed by atoms with Crippen molar-refractivity contribution in [2.24, 2.45) is 0 Å². The Kier molecular flexibility index (Phi) is 3.62. The van der Waals surface area contributed by atoms with E-state index in [1.54, 1.807) is 6.07 Å². The van der Waals surface area contributed by atoms with Crippen LogP contribution in [0.3, 0.4) is 0 Å². The van der Waals surface area contributed by atoms with Crippen LogP contribution in [0.15, 0.2) is 30.3 Å². The fourth-order valence-electron chi connectivity index (χ4n) is 1.35. The molecular weight excluding hydrogens is 232 g/mol. The maximum Gasteiger partial charge on any atom is 0.328 e. The molecule has 0 fully saturated rings. The fourth-order valence-corrected chi connectivity index (χ4v) is 1.35. The SMILES string of the molecule is COc1cc(OC)nc(Oc2ccc(C)cc2)n1. The van der Waals surface area contributed by atoms with Crippen molar-refractivity contribution >= 4 is 0 Å². The molecule has 5 nitrogen and oxygen atoms in total. The van der Waals surface area contributed by atoms with Crippen molar-refractivity contribution in [3.8, 4) is 23.5 Å². The number of ether oxygens (including phenoxy) is 3. The number of aryl methyl sites for hydroxylation is 1. The molecule has 1 heterocycles. The monoisotopic (exact) mass is 246 g/mol. The summed E-state index contributed by atoms with van der Waals surface area (Å²) in [6.07, 6.45) is 0. The summed E-state index contributed by atoms with van der Waals surface area (Å²) in [6, 6.07) is 9.38. The molecular formula is C13H14N2O3. The predicted octanol–water partition coefficient (Wildman–Crippen LogP) is 2.59. The lowest BCUT2D eigenvalue weighted by atomic mass is 10.2. The lowest BCUT2D eigenvalue weighted by Gasteiger charge is -2.07. The molecule has 5 heteroatoms. The van der Waals surface area contributed by atoms with Gasteiger partial charge in [0.15, 0.2) is 0 Å². The summed E-state index contributed by atoms with van der Waals surface area (Å²) >= 11 is 0. The molecule has 0 spiro atoms. The average Bonchev–Trinajstić information content (AvgIpc) is 2.41. The summed E-state index contributed by atoms with van der Waals surface area (Å²) in [6.45, 7) is 2.01. The molecule has 2 aromatic rings. The summed E-state index contributed by atoms with van der Waals surface area (Å²) in [4.78, 5) is 8.16. The summed E-state index contributed by atoms with van der Waals surface area (Å²) in [5.74, 6) is 1.45. The second-order valence-electron chi connectivity index (χ2n) is 3.65. The highest BCUT2D eigenvalue weighted by molar-refractivity contribution is 5.30. The third kappa shape index (κ3) is 2.88. The van der Waals surface area contributed by atoms with E-state index >= 15 is 0 Å². The first kappa shape index (κ1) is 12.2. The van der Waals surface area contributed by atoms with E-state index in [0.29, 0.717) is 17.5 Å². The van der Waals surface area contributed by atoms with Crippen molar-refractivity contribution in [3.05, 3.63) is 35.9 Å². The van der Waals surface area contributed by atoms with Gasteiger partial charge in [-0.1, -0.05) is 17.7 Å². The maximum absolute atomic E-state index is 5.54. The molecule has 18 heavy (non-hydrogen) atoms. The first-order chi connectivity index (χ1) is 8.71. The average molecular weight is 246 g/mol. The molecule has 94 valence electrons. The molecule has 0 bridgehead atoms. The number of benzene rings is 1. The summed E-state index contributed by atoms with van der Waals surface area (Å²) in [7, 11) is 3.05. The highest BCUT2D eigenvalue weighted by Gasteiger charge is 2.07. The molecule has 0 aliphatic heterocycles. The molecule has 0 N–H and O–H groups in total. The number of methoxy groups -OCH3 is 2. The van der Waals surface area contributed by atoms with E-state index in [-0.39, 0.29) is 6.01 Å². The number of hydrogen-bond donors (Lipinski definition) is 0. The second-order valence-corrected chi connectivity index (χ2v) is 3.65. The van der Waals surface area contributed by atoms with Crippen LogP contribution in [0, 0.1) is 6.92 Å². The first-order valence-corrected chi connectivity index (χ1v) is 5.43. The van der Waals surface area contributed by atoms with Gasteiger partial charge in [0, 0.05) is 0 Å². The van der Waals surface area contributed by atoms with Crippen LogP contribution in [0.5, 0.6) is 23.5 Å². The third-order valence-electron chi connectivity index (χ3n) is 2.31. The molecule has 0 saturated carbocycles. The molecule has 0 amide bonds. The molecule has 0 atom stereocenters. The van der Waals surface area contributed by atoms with Crippen LogP contribution in [0.4, 0.5) is 0 Å². The normalized spacial score (nSPS) is 9.94. The van der Waals surface area contributed by atoms with Crippen molar-refractivity contribution in [2.75, 3.05) is 14.2 Å². The van der Waals surface area contributed by atoms with Crippen molar-refractivity contribution in [2.45, 2.75) is 6.92 Å². The Morgan fingerprint density at radius 3 is 1.94 bits per heavy atom. The molecule has 2 rings (SSSR count). The lowest BCUT2D eigenvalue weighted by Crippen LogP contribution is -1.97. The molecule has 1 aromatic carbocycles. The maximum atomic E-state index is 5.54. The van der Waals surface area contributed by atoms with Gasteiger partial charge in [0.25, 0.3) is 0 Å². The minimum Gasteiger partial charge on any atom is -0.481 e. The Bertz CT molecular complexity index is 504. The Morgan fingerprint density at radius 1 is 0.889 bits per heavy atom. The molecule has 0 radical (unpaired) electrons. The molecule has 1 aromatic heterocycles. The van der Waals surface area contributed by atoms with Crippen molar-refractivity contribution in [3.63, 3.8) is 0 Å². The quantitative estimate of drug-likeness (QED) is 0.830. The van der Waals surface area contributed by atoms with E-state index in [0.717, 1.165) is 5.56 Å². The Labute approximate surface area is 105 Å². The van der Waals surface area contributed by atoms with Crippen LogP contribution in [0.25, 0.3) is 0 Å². The van der Waals surface area contributed by atoms with E-state index in [2.05, 4.69) is 9.97 Å². The predicted molar refractivity (Wildman–Crippen MR) is 66.4 cm³/mol. The van der Waals surface area contributed by atoms with Gasteiger partial charge in [-0.15, -0.1) is 0 Å². The lowest BCUT2D eigenvalue weighted by molar-refractivity contribution is 0.348. The second kappa shape index (κ2) is 5.35. The smallest absolute Gasteiger partial charge is 0.328 e. The van der Waals surface area contributed by atoms with Crippen molar-refractivity contribution in [1.82, 2.24) is 9.97 Å². The molecule has 0 aliphatic carbocycles. The largest absolute Gasteiger partial charge is 0.481 e. The van der Waals surface area contributed by atoms with Gasteiger partial charge in [-0.25, -0.2) is 0 Å². The van der Waals surface area contributed by atoms with E-state index in [4.69, 9.17) is 14.2 Å². The zero-order valence-corrected chi connectivity index (χ0v) is 10.5. The van der Waals surface area contributed by atoms with Crippen molar-refractivity contribution < 1.29 is 14.2 Å². The minimum absolute atomic E-state index is 0.190. The van der Waals surface area contributed by atoms with Gasteiger partial charge in [0.05, 0.1) is 20.3 Å². The Balaban J connectivity index is 2.25. The van der Waals surface area contributed by atoms with Crippen LogP contribution in [0.1, 0.15) is 5.56 Å². The summed E-state index contributed by atoms with van der Waals surface area (Å²) in [5, 5.41) is 0. The minimum atomic E-state index is 0.190. The standard InChI is InChI=1S/C13H14N2O3/c1-9-4-6-10(7-5-9)18-13-14-11(16-2)8-12(15-13)17-3/h4-8H,1-3H3. The van der Waals surface area contributed by atoms with Gasteiger partial charge in [-0.3, -0.25) is 0 Å². The Hall–Kier alpha value is -2.30. The van der Waals surface area contributed by atoms with Crippen LogP contribution < -0.4 is 14.2 Å². The highest BCUT2D eigenvalue weighted by Crippen LogP contribution is 2.23. The Morgan fingerprint density at radius 2 is 1.44 bits per heavy atom. The van der Waals surface area contributed by atoms with Crippen LogP contribution in [-0.4, -0.2) is 24.2 Å². The van der Waals surface area contributed by atoms with E-state index in [9.17, 15) is 0 Å². The van der Waals surface area contributed by atoms with Crippen LogP contribution >= 0.6 is 0 Å². The van der Waals surface area contributed by atoms with Gasteiger partial charge in [-0.05, 0) is 19.1 Å². The number of aromatic nitrogens is 2. The topological polar surface area (TPSA) is 53.5 Å². The highest BCUT2D eigenvalue weighted by atomic mass is 16.5. The molecule has 0 aliphatic rings. The molecule has 0 unspecified atom stereocenters. The van der Waals surface area contributed by atoms with Gasteiger partial charge in [0.1, 0.15) is 5.75 Å². The van der Waals surface area contributed by atoms with E-state index in [1.165, 1.54) is 14.2 Å². The zero-order chi connectivity index (χ0) is 13.0. The number of hydrogen-bond acceptors (Lipinski definition) is 5. The molecule has 0 saturated heterocycles. The summed E-state index contributed by atoms with van der Waals surface area (Å²) < 4.78 is 15.6. The third-order valence-corrected chi connectivity index (χ3v) is 2.31. The number of rotatable bonds is 4. The van der Waals surface area contributed by atoms with E-state index < -0.39 is 0 Å². The van der Waals surface area contributed by atoms with Gasteiger partial charge in [0.2, 0.25) is 11.8 Å². The van der Waals surface area contributed by atoms with Crippen LogP contribution in [0.2, 0.25) is 0 Å². The van der Waals surface area contributed by atoms with Gasteiger partial charge >= 0.3 is 6.01 Å². The van der Waals surface area contributed by atoms with Gasteiger partial charge < -0.3 is 14.2 Å². The van der Waals surface area contributed by atoms with Crippen LogP contribution in [-0.2, 0) is 0 Å².